The van der Waals surface area contributed by atoms with Crippen LogP contribution in [-0.2, 0) is 15.0 Å². The Balaban J connectivity index is 1.64. The molecule has 1 saturated heterocycles. The summed E-state index contributed by atoms with van der Waals surface area (Å²) in [6.45, 7) is 0.603. The van der Waals surface area contributed by atoms with Crippen molar-refractivity contribution in [1.29, 1.82) is 0 Å². The van der Waals surface area contributed by atoms with E-state index in [2.05, 4.69) is 12.2 Å². The molecule has 6 heteroatoms. The van der Waals surface area contributed by atoms with Gasteiger partial charge in [0.15, 0.2) is 0 Å². The molecule has 1 heterocycles. The molecule has 3 rings (SSSR count). The third kappa shape index (κ3) is 2.06. The molecule has 2 bridgehead atoms. The van der Waals surface area contributed by atoms with E-state index >= 15 is 0 Å². The van der Waals surface area contributed by atoms with E-state index in [0.717, 1.165) is 12.8 Å². The van der Waals surface area contributed by atoms with E-state index in [0.29, 0.717) is 24.3 Å². The van der Waals surface area contributed by atoms with Crippen molar-refractivity contribution >= 4 is 16.1 Å². The Labute approximate surface area is 106 Å². The molecule has 0 aromatic rings. The molecule has 4 atom stereocenters. The van der Waals surface area contributed by atoms with Crippen LogP contribution in [0, 0.1) is 17.8 Å². The van der Waals surface area contributed by atoms with E-state index < -0.39 is 15.5 Å². The highest BCUT2D eigenvalue weighted by Crippen LogP contribution is 2.44. The number of allylic oxidation sites excluding steroid dienone is 2. The van der Waals surface area contributed by atoms with Gasteiger partial charge in [-0.2, -0.15) is 8.42 Å². The topological polar surface area (TPSA) is 54.5 Å². The SMILES string of the molecule is O=C1CC(S(=O)(=O)F)CN1CC1CC2C=CC1C2. The highest BCUT2D eigenvalue weighted by atomic mass is 32.3. The summed E-state index contributed by atoms with van der Waals surface area (Å²) in [5, 5.41) is -1.15. The van der Waals surface area contributed by atoms with Crippen LogP contribution in [0.5, 0.6) is 0 Å². The second-order valence-electron chi connectivity index (χ2n) is 5.64. The second-order valence-corrected chi connectivity index (χ2v) is 7.26. The maximum absolute atomic E-state index is 12.9. The van der Waals surface area contributed by atoms with Crippen LogP contribution in [0.4, 0.5) is 3.89 Å². The van der Waals surface area contributed by atoms with Gasteiger partial charge >= 0.3 is 10.2 Å². The Morgan fingerprint density at radius 2 is 2.11 bits per heavy atom. The zero-order valence-corrected chi connectivity index (χ0v) is 10.8. The number of amides is 1. The average molecular weight is 273 g/mol. The van der Waals surface area contributed by atoms with Crippen molar-refractivity contribution < 1.29 is 17.1 Å². The van der Waals surface area contributed by atoms with Gasteiger partial charge in [0, 0.05) is 19.5 Å². The normalized spacial score (nSPS) is 38.9. The molecule has 4 nitrogen and oxygen atoms in total. The second kappa shape index (κ2) is 4.05. The number of carbonyl (C=O) groups is 1. The molecule has 4 unspecified atom stereocenters. The van der Waals surface area contributed by atoms with E-state index in [1.165, 1.54) is 4.90 Å². The minimum Gasteiger partial charge on any atom is -0.341 e. The molecule has 2 aliphatic carbocycles. The minimum absolute atomic E-state index is 0.0231. The molecule has 0 N–H and O–H groups in total. The fourth-order valence-electron chi connectivity index (χ4n) is 3.49. The Morgan fingerprint density at radius 3 is 2.61 bits per heavy atom. The summed E-state index contributed by atoms with van der Waals surface area (Å²) in [7, 11) is -4.59. The van der Waals surface area contributed by atoms with Gasteiger partial charge in [-0.15, -0.1) is 3.89 Å². The first-order chi connectivity index (χ1) is 8.43. The number of rotatable bonds is 3. The van der Waals surface area contributed by atoms with Crippen molar-refractivity contribution in [2.45, 2.75) is 24.5 Å². The van der Waals surface area contributed by atoms with Crippen molar-refractivity contribution in [3.63, 3.8) is 0 Å². The Kier molecular flexibility index (Phi) is 2.73. The Hall–Kier alpha value is -0.910. The summed E-state index contributed by atoms with van der Waals surface area (Å²) >= 11 is 0. The number of likely N-dealkylation sites (tertiary alicyclic amines) is 1. The van der Waals surface area contributed by atoms with Crippen LogP contribution in [0.1, 0.15) is 19.3 Å². The van der Waals surface area contributed by atoms with Crippen molar-refractivity contribution in [3.05, 3.63) is 12.2 Å². The number of hydrogen-bond donors (Lipinski definition) is 0. The van der Waals surface area contributed by atoms with Gasteiger partial charge in [0.2, 0.25) is 5.91 Å². The molecule has 1 saturated carbocycles. The standard InChI is InChI=1S/C12H16FNO3S/c13-18(16,17)11-5-12(15)14(7-11)6-10-4-8-1-2-9(10)3-8/h1-2,8-11H,3-7H2. The number of carbonyl (C=O) groups excluding carboxylic acids is 1. The quantitative estimate of drug-likeness (QED) is 0.571. The molecule has 0 spiro atoms. The summed E-state index contributed by atoms with van der Waals surface area (Å²) in [6, 6.07) is 0. The molecule has 0 aromatic heterocycles. The van der Waals surface area contributed by atoms with Crippen molar-refractivity contribution in [2.24, 2.45) is 17.8 Å². The zero-order chi connectivity index (χ0) is 12.9. The predicted molar refractivity (Wildman–Crippen MR) is 63.9 cm³/mol. The Bertz CT molecular complexity index is 501. The van der Waals surface area contributed by atoms with Crippen LogP contribution < -0.4 is 0 Å². The van der Waals surface area contributed by atoms with Crippen LogP contribution in [0.3, 0.4) is 0 Å². The van der Waals surface area contributed by atoms with Crippen LogP contribution in [0.15, 0.2) is 12.2 Å². The van der Waals surface area contributed by atoms with Crippen LogP contribution in [0.25, 0.3) is 0 Å². The van der Waals surface area contributed by atoms with Crippen molar-refractivity contribution in [1.82, 2.24) is 4.90 Å². The van der Waals surface area contributed by atoms with Crippen LogP contribution >= 0.6 is 0 Å². The first-order valence-corrected chi connectivity index (χ1v) is 7.77. The van der Waals surface area contributed by atoms with E-state index in [1.807, 2.05) is 0 Å². The van der Waals surface area contributed by atoms with E-state index in [9.17, 15) is 17.1 Å². The predicted octanol–water partition coefficient (Wildman–Crippen LogP) is 1.10. The monoisotopic (exact) mass is 273 g/mol. The number of nitrogens with zero attached hydrogens (tertiary/aromatic N) is 1. The first-order valence-electron chi connectivity index (χ1n) is 6.33. The molecule has 18 heavy (non-hydrogen) atoms. The molecule has 0 aromatic carbocycles. The van der Waals surface area contributed by atoms with E-state index in [-0.39, 0.29) is 18.9 Å². The molecule has 100 valence electrons. The number of hydrogen-bond acceptors (Lipinski definition) is 3. The molecular formula is C12H16FNO3S. The van der Waals surface area contributed by atoms with Gasteiger partial charge < -0.3 is 4.90 Å². The lowest BCUT2D eigenvalue weighted by atomic mass is 9.93. The maximum Gasteiger partial charge on any atom is 0.307 e. The summed E-state index contributed by atoms with van der Waals surface area (Å²) in [5.41, 5.74) is 0. The molecule has 1 amide bonds. The van der Waals surface area contributed by atoms with Gasteiger partial charge in [0.25, 0.3) is 0 Å². The third-order valence-corrected chi connectivity index (χ3v) is 5.56. The zero-order valence-electron chi connectivity index (χ0n) is 9.96. The van der Waals surface area contributed by atoms with Crippen molar-refractivity contribution in [3.8, 4) is 0 Å². The Morgan fingerprint density at radius 1 is 1.33 bits per heavy atom. The van der Waals surface area contributed by atoms with Gasteiger partial charge in [0.05, 0.1) is 0 Å². The molecule has 1 aliphatic heterocycles. The first kappa shape index (κ1) is 12.1. The van der Waals surface area contributed by atoms with Gasteiger partial charge in [-0.25, -0.2) is 0 Å². The maximum atomic E-state index is 12.9. The molecule has 2 fully saturated rings. The molecule has 3 aliphatic rings. The lowest BCUT2D eigenvalue weighted by molar-refractivity contribution is -0.128. The van der Waals surface area contributed by atoms with Gasteiger partial charge in [-0.05, 0) is 30.6 Å². The van der Waals surface area contributed by atoms with Gasteiger partial charge in [-0.1, -0.05) is 12.2 Å². The minimum atomic E-state index is -4.59. The third-order valence-electron chi connectivity index (χ3n) is 4.45. The van der Waals surface area contributed by atoms with Crippen LogP contribution in [-0.4, -0.2) is 37.6 Å². The lowest BCUT2D eigenvalue weighted by Crippen LogP contribution is -2.33. The largest absolute Gasteiger partial charge is 0.341 e. The summed E-state index contributed by atoms with van der Waals surface area (Å²) in [4.78, 5) is 13.2. The highest BCUT2D eigenvalue weighted by molar-refractivity contribution is 7.87. The van der Waals surface area contributed by atoms with E-state index in [4.69, 9.17) is 0 Å². The molecular weight excluding hydrogens is 257 g/mol. The number of halogens is 1. The van der Waals surface area contributed by atoms with Gasteiger partial charge in [0.1, 0.15) is 5.25 Å². The summed E-state index contributed by atoms with van der Waals surface area (Å²) in [5.74, 6) is 1.33. The summed E-state index contributed by atoms with van der Waals surface area (Å²) < 4.78 is 34.6. The van der Waals surface area contributed by atoms with Crippen LogP contribution in [0.2, 0.25) is 0 Å². The fourth-order valence-corrected chi connectivity index (χ4v) is 4.19. The fraction of sp³-hybridized carbons (Fsp3) is 0.750. The molecule has 0 radical (unpaired) electrons. The lowest BCUT2D eigenvalue weighted by Gasteiger charge is -2.24. The smallest absolute Gasteiger partial charge is 0.307 e. The summed E-state index contributed by atoms with van der Waals surface area (Å²) in [6.07, 6.45) is 6.44. The van der Waals surface area contributed by atoms with E-state index in [1.54, 1.807) is 0 Å². The number of fused-ring (bicyclic) bond motifs is 2. The highest BCUT2D eigenvalue weighted by Gasteiger charge is 2.42. The van der Waals surface area contributed by atoms with Gasteiger partial charge in [-0.3, -0.25) is 4.79 Å². The van der Waals surface area contributed by atoms with Crippen molar-refractivity contribution in [2.75, 3.05) is 13.1 Å². The average Bonchev–Trinajstić information content (AvgIpc) is 2.93.